The Kier molecular flexibility index (Phi) is 7.39. The number of carbonyl (C=O) groups excluding carboxylic acids is 1. The van der Waals surface area contributed by atoms with Crippen molar-refractivity contribution in [1.29, 1.82) is 5.26 Å². The van der Waals surface area contributed by atoms with Crippen LogP contribution in [0.3, 0.4) is 0 Å². The molecule has 0 fully saturated rings. The molecular formula is C25H24FN3O2S. The minimum Gasteiger partial charge on any atom is -0.351 e. The Morgan fingerprint density at radius 3 is 2.56 bits per heavy atom. The molecule has 3 aromatic rings. The molecule has 0 radical (unpaired) electrons. The van der Waals surface area contributed by atoms with Gasteiger partial charge in [-0.1, -0.05) is 43.2 Å². The third-order valence-electron chi connectivity index (χ3n) is 4.95. The van der Waals surface area contributed by atoms with Gasteiger partial charge in [-0.05, 0) is 55.7 Å². The summed E-state index contributed by atoms with van der Waals surface area (Å²) >= 11 is 1.07. The molecule has 7 heteroatoms. The van der Waals surface area contributed by atoms with E-state index in [-0.39, 0.29) is 21.6 Å². The molecule has 0 aliphatic carbocycles. The van der Waals surface area contributed by atoms with E-state index in [0.29, 0.717) is 22.3 Å². The maximum absolute atomic E-state index is 13.4. The van der Waals surface area contributed by atoms with E-state index >= 15 is 0 Å². The Labute approximate surface area is 189 Å². The fourth-order valence-corrected chi connectivity index (χ4v) is 4.39. The zero-order valence-corrected chi connectivity index (χ0v) is 19.1. The maximum Gasteiger partial charge on any atom is 0.273 e. The van der Waals surface area contributed by atoms with E-state index in [9.17, 15) is 19.2 Å². The summed E-state index contributed by atoms with van der Waals surface area (Å²) in [6.45, 7) is 6.30. The second-order valence-corrected chi connectivity index (χ2v) is 8.52. The number of hydrogen-bond donors (Lipinski definition) is 1. The van der Waals surface area contributed by atoms with Crippen LogP contribution in [0.4, 0.5) is 4.39 Å². The molecule has 1 N–H and O–H groups in total. The maximum atomic E-state index is 13.4. The molecule has 0 bridgehead atoms. The molecule has 0 spiro atoms. The molecule has 0 unspecified atom stereocenters. The number of carbonyl (C=O) groups is 1. The molecule has 0 aliphatic heterocycles. The lowest BCUT2D eigenvalue weighted by atomic mass is 10.1. The van der Waals surface area contributed by atoms with Gasteiger partial charge < -0.3 is 5.32 Å². The molecule has 0 saturated heterocycles. The van der Waals surface area contributed by atoms with Gasteiger partial charge in [-0.2, -0.15) is 5.26 Å². The normalized spacial score (nSPS) is 12.4. The predicted octanol–water partition coefficient (Wildman–Crippen LogP) is 3.07. The summed E-state index contributed by atoms with van der Waals surface area (Å²) in [5, 5.41) is 12.6. The third kappa shape index (κ3) is 5.04. The van der Waals surface area contributed by atoms with Gasteiger partial charge in [0.2, 0.25) is 0 Å². The number of hydrogen-bond acceptors (Lipinski definition) is 4. The SMILES string of the molecule is CCCCNC(=O)/C(C#N)=c1\s/c(=C\c2ccc(F)cc2)c(=O)n1-c1ccc(C)cc1C. The second kappa shape index (κ2) is 10.2. The number of halogens is 1. The van der Waals surface area contributed by atoms with E-state index in [2.05, 4.69) is 5.32 Å². The molecule has 3 rings (SSSR count). The van der Waals surface area contributed by atoms with E-state index in [0.717, 1.165) is 35.3 Å². The van der Waals surface area contributed by atoms with Crippen molar-refractivity contribution in [2.45, 2.75) is 33.6 Å². The number of rotatable bonds is 6. The Morgan fingerprint density at radius 2 is 1.94 bits per heavy atom. The summed E-state index contributed by atoms with van der Waals surface area (Å²) in [6, 6.07) is 13.4. The van der Waals surface area contributed by atoms with Crippen molar-refractivity contribution >= 4 is 28.9 Å². The quantitative estimate of drug-likeness (QED) is 0.588. The van der Waals surface area contributed by atoms with Crippen LogP contribution in [0, 0.1) is 31.0 Å². The summed E-state index contributed by atoms with van der Waals surface area (Å²) < 4.78 is 15.3. The van der Waals surface area contributed by atoms with Crippen LogP contribution in [0.1, 0.15) is 36.5 Å². The zero-order chi connectivity index (χ0) is 23.3. The van der Waals surface area contributed by atoms with Crippen molar-refractivity contribution < 1.29 is 9.18 Å². The fraction of sp³-hybridized carbons (Fsp3) is 0.240. The first kappa shape index (κ1) is 23.2. The van der Waals surface area contributed by atoms with Crippen molar-refractivity contribution in [3.05, 3.63) is 84.5 Å². The largest absolute Gasteiger partial charge is 0.351 e. The summed E-state index contributed by atoms with van der Waals surface area (Å²) in [7, 11) is 0. The smallest absolute Gasteiger partial charge is 0.273 e. The third-order valence-corrected chi connectivity index (χ3v) is 6.05. The van der Waals surface area contributed by atoms with Gasteiger partial charge in [0.05, 0.1) is 10.2 Å². The fourth-order valence-electron chi connectivity index (χ4n) is 3.30. The molecule has 32 heavy (non-hydrogen) atoms. The van der Waals surface area contributed by atoms with Crippen LogP contribution in [-0.2, 0) is 4.79 Å². The molecule has 0 atom stereocenters. The van der Waals surface area contributed by atoms with Gasteiger partial charge in [0.15, 0.2) is 5.57 Å². The van der Waals surface area contributed by atoms with Crippen LogP contribution in [0.2, 0.25) is 0 Å². The predicted molar refractivity (Wildman–Crippen MR) is 126 cm³/mol. The Morgan fingerprint density at radius 1 is 1.22 bits per heavy atom. The van der Waals surface area contributed by atoms with Crippen LogP contribution in [0.25, 0.3) is 17.3 Å². The molecule has 2 aromatic carbocycles. The van der Waals surface area contributed by atoms with Crippen LogP contribution >= 0.6 is 11.3 Å². The highest BCUT2D eigenvalue weighted by Crippen LogP contribution is 2.13. The molecular weight excluding hydrogens is 425 g/mol. The number of nitriles is 1. The number of aryl methyl sites for hydroxylation is 2. The lowest BCUT2D eigenvalue weighted by Gasteiger charge is -2.09. The first-order valence-electron chi connectivity index (χ1n) is 10.3. The van der Waals surface area contributed by atoms with Crippen molar-refractivity contribution in [2.24, 2.45) is 0 Å². The van der Waals surface area contributed by atoms with Crippen LogP contribution in [0.15, 0.2) is 47.3 Å². The lowest BCUT2D eigenvalue weighted by molar-refractivity contribution is -0.115. The summed E-state index contributed by atoms with van der Waals surface area (Å²) in [6.07, 6.45) is 3.34. The Bertz CT molecular complexity index is 1360. The second-order valence-electron chi connectivity index (χ2n) is 7.49. The monoisotopic (exact) mass is 449 g/mol. The topological polar surface area (TPSA) is 74.9 Å². The van der Waals surface area contributed by atoms with Crippen molar-refractivity contribution in [1.82, 2.24) is 9.88 Å². The highest BCUT2D eigenvalue weighted by atomic mass is 32.1. The molecule has 1 heterocycles. The van der Waals surface area contributed by atoms with Gasteiger partial charge in [-0.3, -0.25) is 14.2 Å². The Hall–Kier alpha value is -3.50. The first-order chi connectivity index (χ1) is 15.3. The zero-order valence-electron chi connectivity index (χ0n) is 18.2. The molecule has 0 saturated carbocycles. The number of aromatic nitrogens is 1. The average molecular weight is 450 g/mol. The molecule has 1 amide bonds. The summed E-state index contributed by atoms with van der Waals surface area (Å²) in [5.74, 6) is -0.875. The van der Waals surface area contributed by atoms with Crippen LogP contribution in [0.5, 0.6) is 0 Å². The summed E-state index contributed by atoms with van der Waals surface area (Å²) in [4.78, 5) is 26.2. The highest BCUT2D eigenvalue weighted by Gasteiger charge is 2.17. The van der Waals surface area contributed by atoms with Gasteiger partial charge in [0, 0.05) is 6.54 Å². The van der Waals surface area contributed by atoms with E-state index < -0.39 is 5.91 Å². The van der Waals surface area contributed by atoms with Crippen molar-refractivity contribution in [2.75, 3.05) is 6.54 Å². The van der Waals surface area contributed by atoms with Gasteiger partial charge in [0.25, 0.3) is 11.5 Å². The van der Waals surface area contributed by atoms with E-state index in [1.807, 2.05) is 45.0 Å². The number of nitrogens with one attached hydrogen (secondary N) is 1. The van der Waals surface area contributed by atoms with Gasteiger partial charge in [0.1, 0.15) is 16.5 Å². The van der Waals surface area contributed by atoms with Gasteiger partial charge in [-0.25, -0.2) is 4.39 Å². The number of amides is 1. The minimum absolute atomic E-state index is 0.109. The first-order valence-corrected chi connectivity index (χ1v) is 11.2. The average Bonchev–Trinajstić information content (AvgIpc) is 3.06. The van der Waals surface area contributed by atoms with Crippen molar-refractivity contribution in [3.63, 3.8) is 0 Å². The van der Waals surface area contributed by atoms with E-state index in [4.69, 9.17) is 0 Å². The van der Waals surface area contributed by atoms with Crippen molar-refractivity contribution in [3.8, 4) is 11.8 Å². The van der Waals surface area contributed by atoms with E-state index in [1.54, 1.807) is 18.2 Å². The molecule has 164 valence electrons. The molecule has 1 aromatic heterocycles. The van der Waals surface area contributed by atoms with Gasteiger partial charge >= 0.3 is 0 Å². The minimum atomic E-state index is -0.506. The van der Waals surface area contributed by atoms with E-state index in [1.165, 1.54) is 16.7 Å². The molecule has 5 nitrogen and oxygen atoms in total. The lowest BCUT2D eigenvalue weighted by Crippen LogP contribution is -2.34. The summed E-state index contributed by atoms with van der Waals surface area (Å²) in [5.41, 5.74) is 2.70. The van der Waals surface area contributed by atoms with Gasteiger partial charge in [-0.15, -0.1) is 11.3 Å². The molecule has 0 aliphatic rings. The number of nitrogens with zero attached hydrogens (tertiary/aromatic N) is 2. The number of benzene rings is 2. The number of unbranched alkanes of at least 4 members (excludes halogenated alkanes) is 1. The van der Waals surface area contributed by atoms with Crippen LogP contribution < -0.4 is 20.1 Å². The highest BCUT2D eigenvalue weighted by molar-refractivity contribution is 7.07. The van der Waals surface area contributed by atoms with Crippen LogP contribution in [-0.4, -0.2) is 17.0 Å². The Balaban J connectivity index is 2.32. The standard InChI is InChI=1S/C25H24FN3O2S/c1-4-5-12-28-23(30)20(15-27)25-29(21-11-6-16(2)13-17(21)3)24(31)22(32-25)14-18-7-9-19(26)10-8-18/h6-11,13-14H,4-5,12H2,1-3H3,(H,28,30)/b22-14-,25-20-. The number of thiazole rings is 1.